The van der Waals surface area contributed by atoms with Crippen molar-refractivity contribution >= 4 is 5.97 Å². The van der Waals surface area contributed by atoms with E-state index in [1.54, 1.807) is 13.8 Å². The number of benzene rings is 1. The van der Waals surface area contributed by atoms with E-state index >= 15 is 0 Å². The van der Waals surface area contributed by atoms with E-state index in [1.165, 1.54) is 0 Å². The zero-order valence-electron chi connectivity index (χ0n) is 12.7. The molecule has 0 N–H and O–H groups in total. The zero-order valence-corrected chi connectivity index (χ0v) is 12.7. The van der Waals surface area contributed by atoms with E-state index in [0.717, 1.165) is 5.56 Å². The molecule has 0 radical (unpaired) electrons. The lowest BCUT2D eigenvalue weighted by Crippen LogP contribution is -2.25. The van der Waals surface area contributed by atoms with Gasteiger partial charge in [0.1, 0.15) is 0 Å². The van der Waals surface area contributed by atoms with Crippen molar-refractivity contribution in [2.75, 3.05) is 33.0 Å². The summed E-state index contributed by atoms with van der Waals surface area (Å²) < 4.78 is 21.0. The van der Waals surface area contributed by atoms with Crippen LogP contribution in [0.25, 0.3) is 0 Å². The van der Waals surface area contributed by atoms with Crippen LogP contribution in [-0.4, -0.2) is 45.1 Å². The van der Waals surface area contributed by atoms with Crippen molar-refractivity contribution < 1.29 is 23.7 Å². The van der Waals surface area contributed by atoms with Crippen LogP contribution in [0.1, 0.15) is 19.4 Å². The van der Waals surface area contributed by atoms with Crippen molar-refractivity contribution in [2.45, 2.75) is 26.6 Å². The summed E-state index contributed by atoms with van der Waals surface area (Å²) in [5, 5.41) is 0. The maximum Gasteiger partial charge on any atom is 0.334 e. The van der Waals surface area contributed by atoms with Gasteiger partial charge in [-0.2, -0.15) is 0 Å². The summed E-state index contributed by atoms with van der Waals surface area (Å²) in [6, 6.07) is 9.98. The quantitative estimate of drug-likeness (QED) is 0.463. The van der Waals surface area contributed by atoms with Crippen molar-refractivity contribution in [3.63, 3.8) is 0 Å². The van der Waals surface area contributed by atoms with Crippen LogP contribution in [0.3, 0.4) is 0 Å². The van der Waals surface area contributed by atoms with Gasteiger partial charge < -0.3 is 18.9 Å². The Morgan fingerprint density at radius 3 is 2.43 bits per heavy atom. The maximum atomic E-state index is 11.3. The van der Waals surface area contributed by atoms with Crippen molar-refractivity contribution in [1.29, 1.82) is 0 Å². The van der Waals surface area contributed by atoms with Crippen LogP contribution in [0.15, 0.2) is 30.3 Å². The van der Waals surface area contributed by atoms with E-state index in [9.17, 15) is 4.79 Å². The van der Waals surface area contributed by atoms with E-state index < -0.39 is 6.10 Å². The summed E-state index contributed by atoms with van der Waals surface area (Å²) in [6.07, 6.45) is -0.553. The van der Waals surface area contributed by atoms with Gasteiger partial charge in [-0.1, -0.05) is 30.3 Å². The van der Waals surface area contributed by atoms with E-state index in [4.69, 9.17) is 18.9 Å². The Hall–Kier alpha value is -1.43. The number of hydrogen-bond donors (Lipinski definition) is 0. The van der Waals surface area contributed by atoms with Crippen LogP contribution >= 0.6 is 0 Å². The molecule has 0 amide bonds. The first kappa shape index (κ1) is 17.6. The fourth-order valence-corrected chi connectivity index (χ4v) is 1.60. The Balaban J connectivity index is 1.92. The average molecular weight is 296 g/mol. The van der Waals surface area contributed by atoms with Gasteiger partial charge in [0, 0.05) is 0 Å². The van der Waals surface area contributed by atoms with Crippen LogP contribution in [0.2, 0.25) is 0 Å². The standard InChI is InChI=1S/C16H24O5/c1-3-20-16(17)14(2)21-12-11-18-9-10-19-13-15-7-5-4-6-8-15/h4-8,14H,3,9-13H2,1-2H3. The molecule has 0 aliphatic carbocycles. The summed E-state index contributed by atoms with van der Waals surface area (Å²) in [4.78, 5) is 11.3. The van der Waals surface area contributed by atoms with Gasteiger partial charge in [-0.25, -0.2) is 4.79 Å². The third-order valence-electron chi connectivity index (χ3n) is 2.70. The maximum absolute atomic E-state index is 11.3. The molecule has 0 spiro atoms. The lowest BCUT2D eigenvalue weighted by Gasteiger charge is -2.12. The first-order valence-corrected chi connectivity index (χ1v) is 7.21. The van der Waals surface area contributed by atoms with Gasteiger partial charge in [-0.05, 0) is 19.4 Å². The van der Waals surface area contributed by atoms with Crippen molar-refractivity contribution in [3.05, 3.63) is 35.9 Å². The molecule has 0 saturated heterocycles. The molecule has 21 heavy (non-hydrogen) atoms. The molecule has 0 aliphatic rings. The Kier molecular flexibility index (Phi) is 9.44. The van der Waals surface area contributed by atoms with E-state index in [2.05, 4.69) is 0 Å². The van der Waals surface area contributed by atoms with Gasteiger partial charge in [-0.3, -0.25) is 0 Å². The molecule has 1 rings (SSSR count). The second kappa shape index (κ2) is 11.3. The molecular formula is C16H24O5. The normalized spacial score (nSPS) is 12.1. The van der Waals surface area contributed by atoms with Crippen LogP contribution < -0.4 is 0 Å². The lowest BCUT2D eigenvalue weighted by atomic mass is 10.2. The number of rotatable bonds is 11. The monoisotopic (exact) mass is 296 g/mol. The van der Waals surface area contributed by atoms with Gasteiger partial charge in [0.25, 0.3) is 0 Å². The lowest BCUT2D eigenvalue weighted by molar-refractivity contribution is -0.156. The Morgan fingerprint density at radius 2 is 1.71 bits per heavy atom. The van der Waals surface area contributed by atoms with Crippen molar-refractivity contribution in [1.82, 2.24) is 0 Å². The minimum atomic E-state index is -0.553. The molecule has 1 unspecified atom stereocenters. The summed E-state index contributed by atoms with van der Waals surface area (Å²) in [7, 11) is 0. The third-order valence-corrected chi connectivity index (χ3v) is 2.70. The van der Waals surface area contributed by atoms with Crippen LogP contribution in [0.4, 0.5) is 0 Å². The highest BCUT2D eigenvalue weighted by molar-refractivity contribution is 5.74. The average Bonchev–Trinajstić information content (AvgIpc) is 2.51. The van der Waals surface area contributed by atoms with E-state index in [-0.39, 0.29) is 5.97 Å². The predicted octanol–water partition coefficient (Wildman–Crippen LogP) is 2.19. The molecule has 0 fully saturated rings. The number of carbonyl (C=O) groups is 1. The number of hydrogen-bond acceptors (Lipinski definition) is 5. The van der Waals surface area contributed by atoms with Crippen molar-refractivity contribution in [2.24, 2.45) is 0 Å². The first-order chi connectivity index (χ1) is 10.2. The minimum absolute atomic E-state index is 0.344. The molecule has 0 heterocycles. The van der Waals surface area contributed by atoms with Gasteiger partial charge >= 0.3 is 5.97 Å². The molecule has 1 atom stereocenters. The van der Waals surface area contributed by atoms with Gasteiger partial charge in [0.05, 0.1) is 39.6 Å². The Morgan fingerprint density at radius 1 is 1.05 bits per heavy atom. The molecular weight excluding hydrogens is 272 g/mol. The fraction of sp³-hybridized carbons (Fsp3) is 0.562. The van der Waals surface area contributed by atoms with Crippen LogP contribution in [0.5, 0.6) is 0 Å². The third kappa shape index (κ3) is 8.45. The number of esters is 1. The molecule has 5 nitrogen and oxygen atoms in total. The topological polar surface area (TPSA) is 54.0 Å². The second-order valence-corrected chi connectivity index (χ2v) is 4.42. The molecule has 118 valence electrons. The smallest absolute Gasteiger partial charge is 0.334 e. The van der Waals surface area contributed by atoms with Crippen LogP contribution in [-0.2, 0) is 30.3 Å². The summed E-state index contributed by atoms with van der Waals surface area (Å²) >= 11 is 0. The van der Waals surface area contributed by atoms with E-state index in [1.807, 2.05) is 30.3 Å². The second-order valence-electron chi connectivity index (χ2n) is 4.42. The van der Waals surface area contributed by atoms with Crippen LogP contribution in [0, 0.1) is 0 Å². The van der Waals surface area contributed by atoms with Gasteiger partial charge in [0.15, 0.2) is 6.10 Å². The SMILES string of the molecule is CCOC(=O)C(C)OCCOCCOCc1ccccc1. The molecule has 0 aliphatic heterocycles. The fourth-order valence-electron chi connectivity index (χ4n) is 1.60. The molecule has 0 bridgehead atoms. The molecule has 0 aromatic heterocycles. The highest BCUT2D eigenvalue weighted by Gasteiger charge is 2.13. The van der Waals surface area contributed by atoms with E-state index in [0.29, 0.717) is 39.6 Å². The molecule has 5 heteroatoms. The number of ether oxygens (including phenoxy) is 4. The highest BCUT2D eigenvalue weighted by Crippen LogP contribution is 2.00. The molecule has 1 aromatic carbocycles. The summed E-state index contributed by atoms with van der Waals surface area (Å²) in [6.45, 7) is 6.20. The van der Waals surface area contributed by atoms with Gasteiger partial charge in [0.2, 0.25) is 0 Å². The largest absolute Gasteiger partial charge is 0.464 e. The predicted molar refractivity (Wildman–Crippen MR) is 79.0 cm³/mol. The Bertz CT molecular complexity index is 380. The Labute approximate surface area is 126 Å². The zero-order chi connectivity index (χ0) is 15.3. The summed E-state index contributed by atoms with van der Waals surface area (Å²) in [5.41, 5.74) is 1.14. The molecule has 0 saturated carbocycles. The van der Waals surface area contributed by atoms with Gasteiger partial charge in [-0.15, -0.1) is 0 Å². The van der Waals surface area contributed by atoms with Crippen molar-refractivity contribution in [3.8, 4) is 0 Å². The summed E-state index contributed by atoms with van der Waals surface area (Å²) in [5.74, 6) is -0.344. The first-order valence-electron chi connectivity index (χ1n) is 7.21. The molecule has 1 aromatic rings. The number of carbonyl (C=O) groups excluding carboxylic acids is 1. The minimum Gasteiger partial charge on any atom is -0.464 e. The highest BCUT2D eigenvalue weighted by atomic mass is 16.6.